The van der Waals surface area contributed by atoms with E-state index in [9.17, 15) is 0 Å². The number of amidine groups is 1. The summed E-state index contributed by atoms with van der Waals surface area (Å²) in [7, 11) is 4.05. The summed E-state index contributed by atoms with van der Waals surface area (Å²) in [5.41, 5.74) is 7.23. The molecule has 2 heterocycles. The van der Waals surface area contributed by atoms with Gasteiger partial charge in [-0.2, -0.15) is 0 Å². The van der Waals surface area contributed by atoms with Crippen molar-refractivity contribution in [3.63, 3.8) is 0 Å². The van der Waals surface area contributed by atoms with Gasteiger partial charge in [0.2, 0.25) is 0 Å². The molecule has 2 bridgehead atoms. The molecular formula is C14H21N5. The zero-order valence-corrected chi connectivity index (χ0v) is 11.6. The number of rotatable bonds is 1. The van der Waals surface area contributed by atoms with Gasteiger partial charge in [-0.1, -0.05) is 6.42 Å². The molecule has 0 aromatic carbocycles. The SMILES string of the molecule is CN1C(C2CC3CCC2C3)=Nc2c(ncn2C)C1N. The normalized spacial score (nSPS) is 36.6. The molecule has 4 atom stereocenters. The minimum Gasteiger partial charge on any atom is -0.342 e. The van der Waals surface area contributed by atoms with Crippen LogP contribution in [0.4, 0.5) is 5.82 Å². The van der Waals surface area contributed by atoms with Crippen molar-refractivity contribution in [1.29, 1.82) is 0 Å². The molecule has 5 nitrogen and oxygen atoms in total. The van der Waals surface area contributed by atoms with E-state index in [1.807, 2.05) is 17.9 Å². The molecule has 3 aliphatic rings. The molecule has 102 valence electrons. The predicted molar refractivity (Wildman–Crippen MR) is 73.9 cm³/mol. The Hall–Kier alpha value is -1.36. The van der Waals surface area contributed by atoms with Crippen molar-refractivity contribution in [3.05, 3.63) is 12.0 Å². The minimum atomic E-state index is -0.150. The van der Waals surface area contributed by atoms with Crippen LogP contribution in [-0.4, -0.2) is 27.3 Å². The van der Waals surface area contributed by atoms with Crippen molar-refractivity contribution in [3.8, 4) is 0 Å². The third kappa shape index (κ3) is 1.51. The Bertz CT molecular complexity index is 546. The van der Waals surface area contributed by atoms with Crippen LogP contribution in [-0.2, 0) is 7.05 Å². The molecule has 2 N–H and O–H groups in total. The maximum Gasteiger partial charge on any atom is 0.160 e. The Morgan fingerprint density at radius 2 is 2.11 bits per heavy atom. The number of hydrogen-bond acceptors (Lipinski definition) is 4. The molecule has 2 saturated carbocycles. The molecule has 0 spiro atoms. The summed E-state index contributed by atoms with van der Waals surface area (Å²) >= 11 is 0. The van der Waals surface area contributed by atoms with Gasteiger partial charge in [0.05, 0.1) is 6.33 Å². The van der Waals surface area contributed by atoms with Crippen LogP contribution < -0.4 is 5.73 Å². The van der Waals surface area contributed by atoms with Gasteiger partial charge >= 0.3 is 0 Å². The highest BCUT2D eigenvalue weighted by molar-refractivity contribution is 5.89. The van der Waals surface area contributed by atoms with Gasteiger partial charge in [-0.15, -0.1) is 0 Å². The molecule has 2 fully saturated rings. The van der Waals surface area contributed by atoms with E-state index in [2.05, 4.69) is 16.9 Å². The lowest BCUT2D eigenvalue weighted by molar-refractivity contribution is 0.316. The first kappa shape index (κ1) is 11.5. The number of nitrogens with two attached hydrogens (primary N) is 1. The van der Waals surface area contributed by atoms with Crippen molar-refractivity contribution in [2.75, 3.05) is 7.05 Å². The first-order valence-electron chi connectivity index (χ1n) is 7.23. The molecule has 1 aliphatic heterocycles. The Labute approximate surface area is 113 Å². The second-order valence-electron chi connectivity index (χ2n) is 6.37. The van der Waals surface area contributed by atoms with E-state index in [1.54, 1.807) is 0 Å². The van der Waals surface area contributed by atoms with Crippen LogP contribution in [0.25, 0.3) is 0 Å². The van der Waals surface area contributed by atoms with Crippen molar-refractivity contribution in [2.24, 2.45) is 35.5 Å². The zero-order valence-electron chi connectivity index (χ0n) is 11.6. The van der Waals surface area contributed by atoms with Gasteiger partial charge in [-0.05, 0) is 31.1 Å². The Morgan fingerprint density at radius 1 is 1.26 bits per heavy atom. The van der Waals surface area contributed by atoms with Gasteiger partial charge in [-0.3, -0.25) is 0 Å². The summed E-state index contributed by atoms with van der Waals surface area (Å²) in [5.74, 6) is 4.50. The Balaban J connectivity index is 1.76. The summed E-state index contributed by atoms with van der Waals surface area (Å²) in [6, 6.07) is 0. The van der Waals surface area contributed by atoms with E-state index < -0.39 is 0 Å². The smallest absolute Gasteiger partial charge is 0.160 e. The molecule has 4 unspecified atom stereocenters. The van der Waals surface area contributed by atoms with Gasteiger partial charge in [0.1, 0.15) is 17.7 Å². The number of aliphatic imine (C=N–C) groups is 1. The van der Waals surface area contributed by atoms with Crippen LogP contribution in [0.5, 0.6) is 0 Å². The Kier molecular flexibility index (Phi) is 2.31. The quantitative estimate of drug-likeness (QED) is 0.836. The highest BCUT2D eigenvalue weighted by atomic mass is 15.3. The fourth-order valence-electron chi connectivity index (χ4n) is 4.21. The number of aromatic nitrogens is 2. The third-order valence-electron chi connectivity index (χ3n) is 5.28. The second-order valence-corrected chi connectivity index (χ2v) is 6.37. The van der Waals surface area contributed by atoms with Crippen molar-refractivity contribution in [2.45, 2.75) is 31.8 Å². The van der Waals surface area contributed by atoms with E-state index in [1.165, 1.54) is 31.5 Å². The molecule has 0 saturated heterocycles. The molecule has 1 aromatic heterocycles. The van der Waals surface area contributed by atoms with Crippen LogP contribution in [0.1, 0.15) is 37.5 Å². The van der Waals surface area contributed by atoms with Gasteiger partial charge in [-0.25, -0.2) is 9.98 Å². The van der Waals surface area contributed by atoms with Crippen LogP contribution in [0.2, 0.25) is 0 Å². The van der Waals surface area contributed by atoms with Crippen molar-refractivity contribution < 1.29 is 0 Å². The minimum absolute atomic E-state index is 0.150. The van der Waals surface area contributed by atoms with E-state index in [-0.39, 0.29) is 6.17 Å². The Morgan fingerprint density at radius 3 is 2.79 bits per heavy atom. The second kappa shape index (κ2) is 3.82. The monoisotopic (exact) mass is 259 g/mol. The lowest BCUT2D eigenvalue weighted by Crippen LogP contribution is -2.43. The first-order chi connectivity index (χ1) is 9.15. The van der Waals surface area contributed by atoms with E-state index in [4.69, 9.17) is 10.7 Å². The molecule has 0 radical (unpaired) electrons. The third-order valence-corrected chi connectivity index (χ3v) is 5.28. The fourth-order valence-corrected chi connectivity index (χ4v) is 4.21. The number of hydrogen-bond donors (Lipinski definition) is 1. The van der Waals surface area contributed by atoms with Gasteiger partial charge in [0.25, 0.3) is 0 Å². The van der Waals surface area contributed by atoms with Crippen LogP contribution in [0.15, 0.2) is 11.3 Å². The average Bonchev–Trinajstić information content (AvgIpc) is 3.09. The summed E-state index contributed by atoms with van der Waals surface area (Å²) in [6.07, 6.45) is 7.14. The van der Waals surface area contributed by atoms with Gasteiger partial charge < -0.3 is 15.2 Å². The molecule has 2 aliphatic carbocycles. The highest BCUT2D eigenvalue weighted by Gasteiger charge is 2.44. The number of nitrogens with zero attached hydrogens (tertiary/aromatic N) is 4. The largest absolute Gasteiger partial charge is 0.342 e. The predicted octanol–water partition coefficient (Wildman–Crippen LogP) is 1.79. The topological polar surface area (TPSA) is 59.4 Å². The standard InChI is InChI=1S/C14H21N5/c1-18-7-16-11-12(15)19(2)13(17-14(11)18)10-6-8-3-4-9(10)5-8/h7-10,12H,3-6,15H2,1-2H3. The number of fused-ring (bicyclic) bond motifs is 3. The molecular weight excluding hydrogens is 238 g/mol. The van der Waals surface area contributed by atoms with Gasteiger partial charge in [0.15, 0.2) is 5.82 Å². The lowest BCUT2D eigenvalue weighted by Gasteiger charge is -2.36. The van der Waals surface area contributed by atoms with Gasteiger partial charge in [0, 0.05) is 20.0 Å². The van der Waals surface area contributed by atoms with E-state index in [0.29, 0.717) is 5.92 Å². The fraction of sp³-hybridized carbons (Fsp3) is 0.714. The lowest BCUT2D eigenvalue weighted by atomic mass is 9.87. The van der Waals surface area contributed by atoms with Crippen molar-refractivity contribution >= 4 is 11.7 Å². The number of aryl methyl sites for hydroxylation is 1. The zero-order chi connectivity index (χ0) is 13.1. The summed E-state index contributed by atoms with van der Waals surface area (Å²) < 4.78 is 1.98. The van der Waals surface area contributed by atoms with Crippen LogP contribution in [0.3, 0.4) is 0 Å². The van der Waals surface area contributed by atoms with Crippen LogP contribution in [0, 0.1) is 17.8 Å². The summed E-state index contributed by atoms with van der Waals surface area (Å²) in [5, 5.41) is 0. The highest BCUT2D eigenvalue weighted by Crippen LogP contribution is 2.50. The molecule has 1 aromatic rings. The molecule has 5 heteroatoms. The molecule has 0 amide bonds. The maximum absolute atomic E-state index is 6.33. The molecule has 4 rings (SSSR count). The van der Waals surface area contributed by atoms with Crippen LogP contribution >= 0.6 is 0 Å². The van der Waals surface area contributed by atoms with E-state index in [0.717, 1.165) is 23.3 Å². The van der Waals surface area contributed by atoms with Crippen molar-refractivity contribution in [1.82, 2.24) is 14.5 Å². The number of imidazole rings is 1. The van der Waals surface area contributed by atoms with E-state index >= 15 is 0 Å². The summed E-state index contributed by atoms with van der Waals surface area (Å²) in [4.78, 5) is 11.4. The first-order valence-corrected chi connectivity index (χ1v) is 7.23. The summed E-state index contributed by atoms with van der Waals surface area (Å²) in [6.45, 7) is 0. The molecule has 19 heavy (non-hydrogen) atoms. The maximum atomic E-state index is 6.33. The average molecular weight is 259 g/mol.